The van der Waals surface area contributed by atoms with E-state index >= 15 is 0 Å². The highest BCUT2D eigenvalue weighted by Gasteiger charge is 2.48. The van der Waals surface area contributed by atoms with Crippen LogP contribution in [0.25, 0.3) is 22.4 Å². The number of rotatable bonds is 2. The van der Waals surface area contributed by atoms with Crippen molar-refractivity contribution in [2.24, 2.45) is 0 Å². The number of morpholine rings is 1. The lowest BCUT2D eigenvalue weighted by molar-refractivity contribution is 0.0984. The fraction of sp³-hybridized carbons (Fsp3) is 0.450. The zero-order valence-corrected chi connectivity index (χ0v) is 17.5. The highest BCUT2D eigenvalue weighted by Crippen LogP contribution is 2.45. The van der Waals surface area contributed by atoms with E-state index in [1.54, 1.807) is 20.0 Å². The monoisotopic (exact) mass is 413 g/mol. The molecule has 0 amide bonds. The first-order chi connectivity index (χ1) is 13.8. The van der Waals surface area contributed by atoms with Gasteiger partial charge in [0, 0.05) is 35.5 Å². The largest absolute Gasteiger partial charge is 0.377 e. The summed E-state index contributed by atoms with van der Waals surface area (Å²) in [6, 6.07) is 3.92. The number of nitrogens with one attached hydrogen (secondary N) is 1. The molecule has 9 heteroatoms. The van der Waals surface area contributed by atoms with Crippen LogP contribution in [0.1, 0.15) is 32.0 Å². The molecular weight excluding hydrogens is 390 g/mol. The van der Waals surface area contributed by atoms with Crippen molar-refractivity contribution in [3.05, 3.63) is 35.8 Å². The number of hydrogen-bond acceptors (Lipinski definition) is 7. The van der Waals surface area contributed by atoms with Gasteiger partial charge in [-0.3, -0.25) is 0 Å². The number of aromatic nitrogens is 4. The highest BCUT2D eigenvalue weighted by molar-refractivity contribution is 7.91. The number of fused-ring (bicyclic) bond motifs is 2. The smallest absolute Gasteiger partial charge is 0.165 e. The second kappa shape index (κ2) is 6.24. The molecule has 1 N–H and O–H groups in total. The first kappa shape index (κ1) is 18.5. The lowest BCUT2D eigenvalue weighted by Gasteiger charge is -2.35. The van der Waals surface area contributed by atoms with E-state index < -0.39 is 14.6 Å². The Morgan fingerprint density at radius 1 is 1.28 bits per heavy atom. The number of aromatic amines is 1. The Morgan fingerprint density at radius 3 is 2.90 bits per heavy atom. The summed E-state index contributed by atoms with van der Waals surface area (Å²) in [5.41, 5.74) is 2.89. The highest BCUT2D eigenvalue weighted by atomic mass is 32.2. The van der Waals surface area contributed by atoms with Gasteiger partial charge in [0.15, 0.2) is 15.7 Å². The minimum Gasteiger partial charge on any atom is -0.377 e. The SMILES string of the molecule is C[C@@H]1COCCN1c1nc(-c2ccnc3[nH]ccc23)nc2c1CS(=O)(=O)C2(C)C. The molecule has 5 heterocycles. The van der Waals surface area contributed by atoms with Gasteiger partial charge in [-0.15, -0.1) is 0 Å². The number of ether oxygens (including phenoxy) is 1. The number of hydrogen-bond donors (Lipinski definition) is 1. The van der Waals surface area contributed by atoms with Gasteiger partial charge in [-0.2, -0.15) is 0 Å². The number of nitrogens with zero attached hydrogens (tertiary/aromatic N) is 4. The number of anilines is 1. The van der Waals surface area contributed by atoms with Gasteiger partial charge in [0.05, 0.1) is 30.7 Å². The Kier molecular flexibility index (Phi) is 3.98. The van der Waals surface area contributed by atoms with Gasteiger partial charge in [0.25, 0.3) is 0 Å². The van der Waals surface area contributed by atoms with E-state index in [1.165, 1.54) is 0 Å². The maximum Gasteiger partial charge on any atom is 0.165 e. The molecule has 3 aromatic rings. The fourth-order valence-corrected chi connectivity index (χ4v) is 5.65. The molecule has 0 bridgehead atoms. The normalized spacial score (nSPS) is 22.7. The van der Waals surface area contributed by atoms with Crippen molar-refractivity contribution in [1.29, 1.82) is 0 Å². The van der Waals surface area contributed by atoms with Crippen LogP contribution in [-0.2, 0) is 25.1 Å². The summed E-state index contributed by atoms with van der Waals surface area (Å²) in [7, 11) is -3.37. The van der Waals surface area contributed by atoms with Crippen LogP contribution in [0.3, 0.4) is 0 Å². The summed E-state index contributed by atoms with van der Waals surface area (Å²) in [6.07, 6.45) is 3.54. The Labute approximate surface area is 169 Å². The van der Waals surface area contributed by atoms with Crippen LogP contribution in [0.2, 0.25) is 0 Å². The molecular formula is C20H23N5O3S. The lowest BCUT2D eigenvalue weighted by atomic mass is 10.0. The molecule has 3 aromatic heterocycles. The van der Waals surface area contributed by atoms with Crippen LogP contribution in [0.15, 0.2) is 24.5 Å². The van der Waals surface area contributed by atoms with Gasteiger partial charge >= 0.3 is 0 Å². The van der Waals surface area contributed by atoms with Crippen LogP contribution in [0.5, 0.6) is 0 Å². The van der Waals surface area contributed by atoms with Gasteiger partial charge in [-0.1, -0.05) is 0 Å². The van der Waals surface area contributed by atoms with Crippen LogP contribution in [0, 0.1) is 0 Å². The third-order valence-corrected chi connectivity index (χ3v) is 8.43. The Hall–Kier alpha value is -2.52. The Balaban J connectivity index is 1.79. The van der Waals surface area contributed by atoms with Gasteiger partial charge < -0.3 is 14.6 Å². The molecule has 2 aliphatic heterocycles. The molecule has 1 saturated heterocycles. The lowest BCUT2D eigenvalue weighted by Crippen LogP contribution is -2.44. The predicted molar refractivity (Wildman–Crippen MR) is 110 cm³/mol. The molecule has 152 valence electrons. The van der Waals surface area contributed by atoms with E-state index in [0.29, 0.717) is 42.7 Å². The van der Waals surface area contributed by atoms with Crippen LogP contribution in [0.4, 0.5) is 5.82 Å². The van der Waals surface area contributed by atoms with Gasteiger partial charge in [-0.25, -0.2) is 23.4 Å². The van der Waals surface area contributed by atoms with Crippen molar-refractivity contribution in [2.45, 2.75) is 37.3 Å². The van der Waals surface area contributed by atoms with Crippen LogP contribution >= 0.6 is 0 Å². The summed E-state index contributed by atoms with van der Waals surface area (Å²) >= 11 is 0. The number of H-pyrrole nitrogens is 1. The van der Waals surface area contributed by atoms with E-state index in [4.69, 9.17) is 14.7 Å². The molecule has 5 rings (SSSR count). The second-order valence-electron chi connectivity index (χ2n) is 8.18. The quantitative estimate of drug-likeness (QED) is 0.688. The van der Waals surface area contributed by atoms with Gasteiger partial charge in [0.2, 0.25) is 0 Å². The summed E-state index contributed by atoms with van der Waals surface area (Å²) in [5.74, 6) is 1.19. The minimum absolute atomic E-state index is 0.0368. The van der Waals surface area contributed by atoms with E-state index in [9.17, 15) is 8.42 Å². The van der Waals surface area contributed by atoms with Crippen molar-refractivity contribution < 1.29 is 13.2 Å². The minimum atomic E-state index is -3.37. The molecule has 0 saturated carbocycles. The molecule has 8 nitrogen and oxygen atoms in total. The van der Waals surface area contributed by atoms with E-state index in [0.717, 1.165) is 16.6 Å². The van der Waals surface area contributed by atoms with Gasteiger partial charge in [0.1, 0.15) is 16.2 Å². The zero-order valence-electron chi connectivity index (χ0n) is 16.6. The van der Waals surface area contributed by atoms with Crippen molar-refractivity contribution in [3.63, 3.8) is 0 Å². The molecule has 0 radical (unpaired) electrons. The summed E-state index contributed by atoms with van der Waals surface area (Å²) in [4.78, 5) is 19.3. The first-order valence-electron chi connectivity index (χ1n) is 9.70. The molecule has 2 aliphatic rings. The number of sulfone groups is 1. The standard InChI is InChI=1S/C20H23N5O3S/c1-12-10-28-9-8-25(12)19-15-11-29(26,27)20(2,3)16(15)23-18(24-19)14-5-7-22-17-13(14)4-6-21-17/h4-7,12H,8-11H2,1-3H3,(H,21,22)/t12-/m1/s1. The van der Waals surface area contributed by atoms with Crippen molar-refractivity contribution in [3.8, 4) is 11.4 Å². The third kappa shape index (κ3) is 2.67. The topological polar surface area (TPSA) is 101 Å². The summed E-state index contributed by atoms with van der Waals surface area (Å²) < 4.78 is 30.4. The molecule has 0 aromatic carbocycles. The molecule has 0 aliphatic carbocycles. The van der Waals surface area contributed by atoms with Crippen molar-refractivity contribution >= 4 is 26.7 Å². The van der Waals surface area contributed by atoms with Gasteiger partial charge in [-0.05, 0) is 32.9 Å². The number of pyridine rings is 1. The zero-order chi connectivity index (χ0) is 20.4. The molecule has 0 spiro atoms. The maximum absolute atomic E-state index is 12.9. The fourth-order valence-electron chi connectivity index (χ4n) is 4.18. The van der Waals surface area contributed by atoms with E-state index in [2.05, 4.69) is 21.8 Å². The second-order valence-corrected chi connectivity index (χ2v) is 10.7. The molecule has 0 unspecified atom stereocenters. The molecule has 1 fully saturated rings. The summed E-state index contributed by atoms with van der Waals surface area (Å²) in [5, 5.41) is 0.909. The van der Waals surface area contributed by atoms with Crippen LogP contribution < -0.4 is 4.90 Å². The maximum atomic E-state index is 12.9. The van der Waals surface area contributed by atoms with E-state index in [-0.39, 0.29) is 11.8 Å². The van der Waals surface area contributed by atoms with Crippen LogP contribution in [-0.4, -0.2) is 54.2 Å². The predicted octanol–water partition coefficient (Wildman–Crippen LogP) is 2.41. The molecule has 29 heavy (non-hydrogen) atoms. The average molecular weight is 414 g/mol. The average Bonchev–Trinajstić information content (AvgIpc) is 3.23. The third-order valence-electron chi connectivity index (χ3n) is 6.01. The molecule has 1 atom stereocenters. The van der Waals surface area contributed by atoms with E-state index in [1.807, 2.05) is 18.3 Å². The first-order valence-corrected chi connectivity index (χ1v) is 11.4. The Bertz CT molecular complexity index is 1220. The summed E-state index contributed by atoms with van der Waals surface area (Å²) in [6.45, 7) is 7.37. The Morgan fingerprint density at radius 2 is 2.10 bits per heavy atom. The van der Waals surface area contributed by atoms with Crippen molar-refractivity contribution in [1.82, 2.24) is 19.9 Å². The van der Waals surface area contributed by atoms with Crippen molar-refractivity contribution in [2.75, 3.05) is 24.7 Å².